The molecule has 0 saturated carbocycles. The summed E-state index contributed by atoms with van der Waals surface area (Å²) in [4.78, 5) is 15.6. The van der Waals surface area contributed by atoms with E-state index in [-0.39, 0.29) is 12.1 Å². The molecule has 0 atom stereocenters. The number of amides is 2. The Bertz CT molecular complexity index is 167. The topological polar surface area (TPSA) is 49.6 Å². The van der Waals surface area contributed by atoms with Crippen molar-refractivity contribution >= 4 is 6.03 Å². The molecule has 2 N–H and O–H groups in total. The Morgan fingerprint density at radius 2 is 1.79 bits per heavy atom. The van der Waals surface area contributed by atoms with Crippen molar-refractivity contribution in [1.29, 1.82) is 0 Å². The zero-order chi connectivity index (χ0) is 11.1. The summed E-state index contributed by atoms with van der Waals surface area (Å²) in [5.74, 6) is 0. The number of carbonyl (C=O) groups is 1. The van der Waals surface area contributed by atoms with Gasteiger partial charge in [-0.15, -0.1) is 0 Å². The maximum Gasteiger partial charge on any atom is 0.320 e. The van der Waals surface area contributed by atoms with Crippen molar-refractivity contribution in [3.05, 3.63) is 0 Å². The molecule has 0 spiro atoms. The molecule has 0 radical (unpaired) electrons. The minimum absolute atomic E-state index is 0.0930. The van der Waals surface area contributed by atoms with Crippen LogP contribution in [0.15, 0.2) is 0 Å². The van der Waals surface area contributed by atoms with E-state index in [2.05, 4.69) is 0 Å². The van der Waals surface area contributed by atoms with Crippen molar-refractivity contribution in [2.75, 3.05) is 26.2 Å². The third-order valence-corrected chi connectivity index (χ3v) is 2.27. The van der Waals surface area contributed by atoms with Crippen LogP contribution in [0.5, 0.6) is 0 Å². The molecule has 0 unspecified atom stereocenters. The molecular formula is C10H23N3O. The van der Waals surface area contributed by atoms with Gasteiger partial charge in [0.25, 0.3) is 0 Å². The van der Waals surface area contributed by atoms with E-state index in [9.17, 15) is 4.79 Å². The molecule has 4 heteroatoms. The number of rotatable bonds is 5. The van der Waals surface area contributed by atoms with Crippen LogP contribution in [0.2, 0.25) is 0 Å². The third-order valence-electron chi connectivity index (χ3n) is 2.27. The lowest BCUT2D eigenvalue weighted by Gasteiger charge is -2.31. The number of nitrogens with two attached hydrogens (primary N) is 1. The Kier molecular flexibility index (Phi) is 6.28. The van der Waals surface area contributed by atoms with Crippen LogP contribution < -0.4 is 5.73 Å². The van der Waals surface area contributed by atoms with Crippen molar-refractivity contribution in [3.8, 4) is 0 Å². The summed E-state index contributed by atoms with van der Waals surface area (Å²) in [6.07, 6.45) is 0. The average Bonchev–Trinajstić information content (AvgIpc) is 2.15. The molecule has 84 valence electrons. The van der Waals surface area contributed by atoms with Gasteiger partial charge in [0.2, 0.25) is 0 Å². The van der Waals surface area contributed by atoms with Crippen LogP contribution in [-0.2, 0) is 0 Å². The van der Waals surface area contributed by atoms with Crippen LogP contribution in [0, 0.1) is 0 Å². The fourth-order valence-electron chi connectivity index (χ4n) is 1.39. The molecule has 0 saturated heterocycles. The summed E-state index contributed by atoms with van der Waals surface area (Å²) >= 11 is 0. The van der Waals surface area contributed by atoms with Crippen molar-refractivity contribution in [2.45, 2.75) is 33.7 Å². The monoisotopic (exact) mass is 201 g/mol. The summed E-state index contributed by atoms with van der Waals surface area (Å²) in [5, 5.41) is 0. The van der Waals surface area contributed by atoms with Gasteiger partial charge in [-0.2, -0.15) is 0 Å². The molecule has 2 amide bonds. The SMILES string of the molecule is CCN(CC)C(=O)N(CCN)C(C)C. The summed E-state index contributed by atoms with van der Waals surface area (Å²) in [6.45, 7) is 10.7. The second-order valence-corrected chi connectivity index (χ2v) is 3.53. The van der Waals surface area contributed by atoms with Gasteiger partial charge in [0.05, 0.1) is 0 Å². The first-order valence-corrected chi connectivity index (χ1v) is 5.34. The van der Waals surface area contributed by atoms with Crippen molar-refractivity contribution in [3.63, 3.8) is 0 Å². The normalized spacial score (nSPS) is 10.4. The highest BCUT2D eigenvalue weighted by atomic mass is 16.2. The van der Waals surface area contributed by atoms with E-state index >= 15 is 0 Å². The van der Waals surface area contributed by atoms with Gasteiger partial charge >= 0.3 is 6.03 Å². The van der Waals surface area contributed by atoms with Gasteiger partial charge in [-0.1, -0.05) is 0 Å². The van der Waals surface area contributed by atoms with E-state index in [0.29, 0.717) is 13.1 Å². The molecule has 0 fully saturated rings. The smallest absolute Gasteiger partial charge is 0.320 e. The molecule has 0 aliphatic heterocycles. The summed E-state index contributed by atoms with van der Waals surface area (Å²) < 4.78 is 0. The fraction of sp³-hybridized carbons (Fsp3) is 0.900. The van der Waals surface area contributed by atoms with Gasteiger partial charge in [-0.05, 0) is 27.7 Å². The molecule has 0 aliphatic carbocycles. The molecule has 0 aromatic carbocycles. The van der Waals surface area contributed by atoms with E-state index in [1.54, 1.807) is 0 Å². The minimum atomic E-state index is 0.0930. The highest BCUT2D eigenvalue weighted by Crippen LogP contribution is 2.03. The maximum absolute atomic E-state index is 11.9. The second kappa shape index (κ2) is 6.65. The van der Waals surface area contributed by atoms with Crippen LogP contribution in [0.25, 0.3) is 0 Å². The van der Waals surface area contributed by atoms with Crippen LogP contribution in [-0.4, -0.2) is 48.1 Å². The Morgan fingerprint density at radius 3 is 2.07 bits per heavy atom. The number of nitrogens with zero attached hydrogens (tertiary/aromatic N) is 2. The van der Waals surface area contributed by atoms with Gasteiger partial charge in [-0.3, -0.25) is 0 Å². The van der Waals surface area contributed by atoms with Crippen LogP contribution >= 0.6 is 0 Å². The molecular weight excluding hydrogens is 178 g/mol. The standard InChI is InChI=1S/C10H23N3O/c1-5-12(6-2)10(14)13(8-7-11)9(3)4/h9H,5-8,11H2,1-4H3. The highest BCUT2D eigenvalue weighted by Gasteiger charge is 2.19. The van der Waals surface area contributed by atoms with E-state index in [0.717, 1.165) is 13.1 Å². The number of urea groups is 1. The number of hydrogen-bond acceptors (Lipinski definition) is 2. The van der Waals surface area contributed by atoms with Crippen molar-refractivity contribution in [1.82, 2.24) is 9.80 Å². The first-order valence-electron chi connectivity index (χ1n) is 5.34. The molecule has 0 rings (SSSR count). The van der Waals surface area contributed by atoms with Crippen LogP contribution in [0.1, 0.15) is 27.7 Å². The molecule has 0 heterocycles. The van der Waals surface area contributed by atoms with Gasteiger partial charge in [0.15, 0.2) is 0 Å². The van der Waals surface area contributed by atoms with E-state index in [1.807, 2.05) is 37.5 Å². The molecule has 14 heavy (non-hydrogen) atoms. The van der Waals surface area contributed by atoms with Gasteiger partial charge in [0, 0.05) is 32.2 Å². The van der Waals surface area contributed by atoms with Crippen molar-refractivity contribution in [2.24, 2.45) is 5.73 Å². The molecule has 0 aromatic heterocycles. The molecule has 4 nitrogen and oxygen atoms in total. The van der Waals surface area contributed by atoms with E-state index in [4.69, 9.17) is 5.73 Å². The minimum Gasteiger partial charge on any atom is -0.329 e. The first kappa shape index (κ1) is 13.2. The highest BCUT2D eigenvalue weighted by molar-refractivity contribution is 5.74. The lowest BCUT2D eigenvalue weighted by Crippen LogP contribution is -2.48. The summed E-state index contributed by atoms with van der Waals surface area (Å²) in [6, 6.07) is 0.308. The second-order valence-electron chi connectivity index (χ2n) is 3.53. The summed E-state index contributed by atoms with van der Waals surface area (Å²) in [5.41, 5.74) is 5.48. The number of carbonyl (C=O) groups excluding carboxylic acids is 1. The Morgan fingerprint density at radius 1 is 1.29 bits per heavy atom. The molecule has 0 aromatic rings. The first-order chi connectivity index (χ1) is 6.58. The van der Waals surface area contributed by atoms with Gasteiger partial charge in [0.1, 0.15) is 0 Å². The largest absolute Gasteiger partial charge is 0.329 e. The zero-order valence-corrected chi connectivity index (χ0v) is 9.79. The lowest BCUT2D eigenvalue weighted by atomic mass is 10.3. The Balaban J connectivity index is 4.40. The van der Waals surface area contributed by atoms with Gasteiger partial charge < -0.3 is 15.5 Å². The summed E-state index contributed by atoms with van der Waals surface area (Å²) in [7, 11) is 0. The Hall–Kier alpha value is -0.770. The third kappa shape index (κ3) is 3.54. The Labute approximate surface area is 87.0 Å². The maximum atomic E-state index is 11.9. The lowest BCUT2D eigenvalue weighted by molar-refractivity contribution is 0.146. The van der Waals surface area contributed by atoms with E-state index < -0.39 is 0 Å². The average molecular weight is 201 g/mol. The number of hydrogen-bond donors (Lipinski definition) is 1. The molecule has 0 bridgehead atoms. The molecule has 0 aliphatic rings. The zero-order valence-electron chi connectivity index (χ0n) is 9.79. The van der Waals surface area contributed by atoms with Crippen molar-refractivity contribution < 1.29 is 4.79 Å². The van der Waals surface area contributed by atoms with Crippen LogP contribution in [0.4, 0.5) is 4.79 Å². The fourth-order valence-corrected chi connectivity index (χ4v) is 1.39. The van der Waals surface area contributed by atoms with Gasteiger partial charge in [-0.25, -0.2) is 4.79 Å². The predicted molar refractivity (Wildman–Crippen MR) is 59.2 cm³/mol. The van der Waals surface area contributed by atoms with E-state index in [1.165, 1.54) is 0 Å². The predicted octanol–water partition coefficient (Wildman–Crippen LogP) is 1.12. The quantitative estimate of drug-likeness (QED) is 0.724. The van der Waals surface area contributed by atoms with Crippen LogP contribution in [0.3, 0.4) is 0 Å².